The van der Waals surface area contributed by atoms with Gasteiger partial charge >= 0.3 is 5.97 Å². The van der Waals surface area contributed by atoms with Crippen LogP contribution in [0.1, 0.15) is 79.6 Å². The van der Waals surface area contributed by atoms with Crippen LogP contribution in [0.25, 0.3) is 0 Å². The maximum atomic E-state index is 14.1. The number of amides is 3. The topological polar surface area (TPSA) is 129 Å². The molecule has 3 amide bonds. The molecule has 0 radical (unpaired) electrons. The van der Waals surface area contributed by atoms with Crippen LogP contribution in [-0.2, 0) is 28.7 Å². The number of piperidine rings is 1. The Balaban J connectivity index is 1.77. The minimum absolute atomic E-state index is 0.0139. The number of methoxy groups -OCH3 is 2. The van der Waals surface area contributed by atoms with Gasteiger partial charge in [0.1, 0.15) is 6.04 Å². The second-order valence-electron chi connectivity index (χ2n) is 13.5. The van der Waals surface area contributed by atoms with Crippen molar-refractivity contribution in [3.05, 3.63) is 0 Å². The Labute approximate surface area is 258 Å². The summed E-state index contributed by atoms with van der Waals surface area (Å²) in [5.74, 6) is -1.93. The number of fused-ring (bicyclic) bond motifs is 2. The molecule has 2 heterocycles. The van der Waals surface area contributed by atoms with Crippen LogP contribution in [0, 0.1) is 23.7 Å². The second-order valence-corrected chi connectivity index (χ2v) is 13.5. The van der Waals surface area contributed by atoms with Gasteiger partial charge in [-0.15, -0.1) is 0 Å². The van der Waals surface area contributed by atoms with Crippen LogP contribution in [0.2, 0.25) is 0 Å². The molecule has 3 rings (SSSR count). The third-order valence-electron chi connectivity index (χ3n) is 10.6. The van der Waals surface area contributed by atoms with Crippen molar-refractivity contribution in [2.75, 3.05) is 34.9 Å². The van der Waals surface area contributed by atoms with Crippen LogP contribution in [0.5, 0.6) is 0 Å². The molecule has 246 valence electrons. The van der Waals surface area contributed by atoms with E-state index in [2.05, 4.69) is 10.2 Å². The largest absolute Gasteiger partial charge is 0.481 e. The van der Waals surface area contributed by atoms with Gasteiger partial charge in [0.05, 0.1) is 42.7 Å². The molecule has 2 aliphatic heterocycles. The Morgan fingerprint density at radius 3 is 2.23 bits per heavy atom. The van der Waals surface area contributed by atoms with Gasteiger partial charge in [0.2, 0.25) is 17.7 Å². The first-order chi connectivity index (χ1) is 20.3. The van der Waals surface area contributed by atoms with Crippen LogP contribution in [0.4, 0.5) is 0 Å². The lowest BCUT2D eigenvalue weighted by molar-refractivity contribution is -0.152. The van der Waals surface area contributed by atoms with Crippen molar-refractivity contribution in [3.63, 3.8) is 0 Å². The first-order valence-electron chi connectivity index (χ1n) is 16.2. The maximum Gasteiger partial charge on any atom is 0.308 e. The number of carboxylic acids is 1. The van der Waals surface area contributed by atoms with Gasteiger partial charge in [0, 0.05) is 33.9 Å². The fourth-order valence-electron chi connectivity index (χ4n) is 7.88. The number of nitrogens with zero attached hydrogens (tertiary/aromatic N) is 3. The van der Waals surface area contributed by atoms with E-state index in [4.69, 9.17) is 9.47 Å². The van der Waals surface area contributed by atoms with Crippen LogP contribution in [0.3, 0.4) is 0 Å². The van der Waals surface area contributed by atoms with Crippen molar-refractivity contribution < 1.29 is 33.8 Å². The summed E-state index contributed by atoms with van der Waals surface area (Å²) in [6, 6.07) is -1.22. The smallest absolute Gasteiger partial charge is 0.308 e. The summed E-state index contributed by atoms with van der Waals surface area (Å²) in [4.78, 5) is 58.6. The van der Waals surface area contributed by atoms with E-state index in [-0.39, 0.29) is 48.1 Å². The molecule has 3 aliphatic rings. The number of likely N-dealkylation sites (N-methyl/N-ethyl adjacent to an activating group) is 2. The van der Waals surface area contributed by atoms with E-state index in [1.807, 2.05) is 34.7 Å². The SMILES string of the molecule is CC[C@H](C)[C@@H]([C@@H](CC(=O)N1CCC[C@H]1[C@H](OC)[C@@H](C)C(=O)O)OC)N(C)C(=O)[C@@H](NC(=O)[C@@H]1[C@H]2CC[C@H](C2)N1C)C(C)C. The first kappa shape index (κ1) is 35.2. The van der Waals surface area contributed by atoms with Crippen LogP contribution >= 0.6 is 0 Å². The highest BCUT2D eigenvalue weighted by atomic mass is 16.5. The number of hydrogen-bond donors (Lipinski definition) is 2. The van der Waals surface area contributed by atoms with Crippen LogP contribution in [-0.4, -0.2) is 121 Å². The average molecular weight is 609 g/mol. The molecule has 0 aromatic carbocycles. The molecule has 11 heteroatoms. The number of nitrogens with one attached hydrogen (secondary N) is 1. The Morgan fingerprint density at radius 1 is 1.05 bits per heavy atom. The van der Waals surface area contributed by atoms with Crippen LogP contribution < -0.4 is 5.32 Å². The van der Waals surface area contributed by atoms with Crippen LogP contribution in [0.15, 0.2) is 0 Å². The third kappa shape index (κ3) is 7.53. The summed E-state index contributed by atoms with van der Waals surface area (Å²) in [6.07, 6.45) is 4.24. The van der Waals surface area contributed by atoms with Gasteiger partial charge in [-0.3, -0.25) is 24.1 Å². The van der Waals surface area contributed by atoms with E-state index in [1.165, 1.54) is 7.11 Å². The molecule has 2 bridgehead atoms. The molecular formula is C32H56N4O7. The molecule has 0 unspecified atom stereocenters. The fourth-order valence-corrected chi connectivity index (χ4v) is 7.88. The molecule has 0 aromatic heterocycles. The van der Waals surface area contributed by atoms with Gasteiger partial charge in [0.25, 0.3) is 0 Å². The molecule has 10 atom stereocenters. The number of hydrogen-bond acceptors (Lipinski definition) is 7. The monoisotopic (exact) mass is 608 g/mol. The number of aliphatic carboxylic acids is 1. The summed E-state index contributed by atoms with van der Waals surface area (Å²) in [5.41, 5.74) is 0. The van der Waals surface area contributed by atoms with E-state index in [0.29, 0.717) is 24.9 Å². The quantitative estimate of drug-likeness (QED) is 0.290. The molecule has 2 saturated heterocycles. The van der Waals surface area contributed by atoms with E-state index in [1.54, 1.807) is 30.9 Å². The molecule has 0 spiro atoms. The highest BCUT2D eigenvalue weighted by Gasteiger charge is 2.48. The van der Waals surface area contributed by atoms with E-state index >= 15 is 0 Å². The average Bonchev–Trinajstić information content (AvgIpc) is 3.72. The highest BCUT2D eigenvalue weighted by molar-refractivity contribution is 5.90. The van der Waals surface area contributed by atoms with Gasteiger partial charge in [-0.2, -0.15) is 0 Å². The van der Waals surface area contributed by atoms with Gasteiger partial charge in [0.15, 0.2) is 0 Å². The Morgan fingerprint density at radius 2 is 1.72 bits per heavy atom. The fraction of sp³-hybridized carbons (Fsp3) is 0.875. The molecule has 2 N–H and O–H groups in total. The lowest BCUT2D eigenvalue weighted by atomic mass is 9.89. The summed E-state index contributed by atoms with van der Waals surface area (Å²) in [6.45, 7) is 10.1. The highest BCUT2D eigenvalue weighted by Crippen LogP contribution is 2.41. The van der Waals surface area contributed by atoms with Crippen molar-refractivity contribution in [2.24, 2.45) is 23.7 Å². The summed E-state index contributed by atoms with van der Waals surface area (Å²) in [5, 5.41) is 12.7. The standard InChI is InChI=1S/C32H56N4O7/c1-10-19(4)27(24(42-8)17-25(37)36-15-11-12-23(36)29(43-9)20(5)32(40)41)35(7)31(39)26(18(2)3)33-30(38)28-21-13-14-22(16-21)34(28)6/h18-24,26-29H,10-17H2,1-9H3,(H,33,38)(H,40,41)/t19-,20+,21-,22+,23-,24+,26-,27-,28-,29+/m0/s1. The Kier molecular flexibility index (Phi) is 12.4. The van der Waals surface area contributed by atoms with E-state index < -0.39 is 36.2 Å². The van der Waals surface area contributed by atoms with E-state index in [0.717, 1.165) is 32.1 Å². The lowest BCUT2D eigenvalue weighted by Gasteiger charge is -2.41. The predicted octanol–water partition coefficient (Wildman–Crippen LogP) is 2.61. The predicted molar refractivity (Wildman–Crippen MR) is 163 cm³/mol. The minimum atomic E-state index is -0.961. The molecule has 1 saturated carbocycles. The zero-order chi connectivity index (χ0) is 32.2. The molecule has 43 heavy (non-hydrogen) atoms. The van der Waals surface area contributed by atoms with Crippen molar-refractivity contribution in [1.29, 1.82) is 0 Å². The number of carbonyl (C=O) groups excluding carboxylic acids is 3. The molecular weight excluding hydrogens is 552 g/mol. The third-order valence-corrected chi connectivity index (χ3v) is 10.6. The second kappa shape index (κ2) is 15.2. The molecule has 0 aromatic rings. The van der Waals surface area contributed by atoms with Gasteiger partial charge in [-0.25, -0.2) is 0 Å². The maximum absolute atomic E-state index is 14.1. The molecule has 3 fully saturated rings. The number of rotatable bonds is 15. The van der Waals surface area contributed by atoms with Crippen molar-refractivity contribution >= 4 is 23.7 Å². The Hall–Kier alpha value is -2.24. The number of carboxylic acid groups (broad SMARTS) is 1. The number of likely N-dealkylation sites (tertiary alicyclic amines) is 2. The summed E-state index contributed by atoms with van der Waals surface area (Å²) >= 11 is 0. The summed E-state index contributed by atoms with van der Waals surface area (Å²) in [7, 11) is 6.80. The Bertz CT molecular complexity index is 991. The van der Waals surface area contributed by atoms with Crippen molar-refractivity contribution in [1.82, 2.24) is 20.0 Å². The van der Waals surface area contributed by atoms with Gasteiger partial charge in [-0.1, -0.05) is 34.1 Å². The number of ether oxygens (including phenoxy) is 2. The zero-order valence-electron chi connectivity index (χ0n) is 27.7. The summed E-state index contributed by atoms with van der Waals surface area (Å²) < 4.78 is 11.5. The number of carbonyl (C=O) groups is 4. The zero-order valence-corrected chi connectivity index (χ0v) is 27.7. The molecule has 1 aliphatic carbocycles. The van der Waals surface area contributed by atoms with Gasteiger partial charge < -0.3 is 29.7 Å². The first-order valence-corrected chi connectivity index (χ1v) is 16.2. The van der Waals surface area contributed by atoms with Crippen molar-refractivity contribution in [2.45, 2.75) is 122 Å². The van der Waals surface area contributed by atoms with Gasteiger partial charge in [-0.05, 0) is 63.8 Å². The van der Waals surface area contributed by atoms with Crippen molar-refractivity contribution in [3.8, 4) is 0 Å². The minimum Gasteiger partial charge on any atom is -0.481 e. The molecule has 11 nitrogen and oxygen atoms in total. The lowest BCUT2D eigenvalue weighted by Crippen LogP contribution is -2.60. The van der Waals surface area contributed by atoms with E-state index in [9.17, 15) is 24.3 Å². The normalized spacial score (nSPS) is 27.9.